The van der Waals surface area contributed by atoms with Crippen molar-refractivity contribution in [2.45, 2.75) is 17.3 Å². The zero-order valence-corrected chi connectivity index (χ0v) is 15.5. The first-order valence-corrected chi connectivity index (χ1v) is 9.11. The molecule has 0 radical (unpaired) electrons. The Morgan fingerprint density at radius 2 is 1.89 bits per heavy atom. The van der Waals surface area contributed by atoms with Crippen LogP contribution in [0.25, 0.3) is 22.4 Å². The van der Waals surface area contributed by atoms with Crippen molar-refractivity contribution in [3.8, 4) is 17.5 Å². The molecule has 8 heteroatoms. The molecular weight excluding hydrogens is 362 g/mol. The molecule has 0 bridgehead atoms. The van der Waals surface area contributed by atoms with E-state index in [4.69, 9.17) is 10.00 Å². The Morgan fingerprint density at radius 1 is 1.15 bits per heavy atom. The number of nitrogens with zero attached hydrogens (tertiary/aromatic N) is 5. The third kappa shape index (κ3) is 2.82. The Balaban J connectivity index is 2.07. The van der Waals surface area contributed by atoms with Crippen molar-refractivity contribution >= 4 is 28.4 Å². The van der Waals surface area contributed by atoms with Crippen LogP contribution in [-0.2, 0) is 0 Å². The van der Waals surface area contributed by atoms with Gasteiger partial charge in [-0.05, 0) is 43.3 Å². The first-order valence-electron chi connectivity index (χ1n) is 8.23. The van der Waals surface area contributed by atoms with E-state index in [1.807, 2.05) is 22.6 Å². The van der Waals surface area contributed by atoms with Gasteiger partial charge in [0.15, 0.2) is 5.16 Å². The molecule has 0 saturated carbocycles. The van der Waals surface area contributed by atoms with Crippen molar-refractivity contribution in [2.24, 2.45) is 0 Å². The lowest BCUT2D eigenvalue weighted by atomic mass is 10.2. The highest BCUT2D eigenvalue weighted by Crippen LogP contribution is 2.26. The van der Waals surface area contributed by atoms with Crippen LogP contribution in [0.15, 0.2) is 58.5 Å². The minimum absolute atomic E-state index is 0.180. The quantitative estimate of drug-likeness (QED) is 0.508. The van der Waals surface area contributed by atoms with Crippen LogP contribution in [-0.4, -0.2) is 31.5 Å². The molecule has 2 aromatic heterocycles. The largest absolute Gasteiger partial charge is 0.497 e. The fourth-order valence-electron chi connectivity index (χ4n) is 2.90. The summed E-state index contributed by atoms with van der Waals surface area (Å²) in [5, 5.41) is 18.5. The molecule has 4 rings (SSSR count). The van der Waals surface area contributed by atoms with Gasteiger partial charge in [0.25, 0.3) is 5.56 Å². The molecule has 2 aromatic carbocycles. The Kier molecular flexibility index (Phi) is 4.30. The fourth-order valence-corrected chi connectivity index (χ4v) is 3.65. The number of nitriles is 1. The molecule has 0 amide bonds. The lowest BCUT2D eigenvalue weighted by Gasteiger charge is -2.12. The number of ether oxygens (including phenoxy) is 1. The van der Waals surface area contributed by atoms with E-state index in [1.165, 1.54) is 16.3 Å². The number of methoxy groups -OCH3 is 1. The number of fused-ring (bicyclic) bond motifs is 3. The van der Waals surface area contributed by atoms with Gasteiger partial charge in [-0.25, -0.2) is 4.57 Å². The molecule has 2 heterocycles. The van der Waals surface area contributed by atoms with Gasteiger partial charge in [0.2, 0.25) is 5.78 Å². The molecule has 4 aromatic rings. The number of benzene rings is 2. The highest BCUT2D eigenvalue weighted by molar-refractivity contribution is 8.00. The van der Waals surface area contributed by atoms with Gasteiger partial charge in [-0.1, -0.05) is 23.9 Å². The highest BCUT2D eigenvalue weighted by Gasteiger charge is 2.19. The lowest BCUT2D eigenvalue weighted by molar-refractivity contribution is 0.414. The van der Waals surface area contributed by atoms with Gasteiger partial charge < -0.3 is 4.74 Å². The number of hydrogen-bond donors (Lipinski definition) is 0. The summed E-state index contributed by atoms with van der Waals surface area (Å²) < 4.78 is 8.54. The molecule has 1 atom stereocenters. The molecule has 0 saturated heterocycles. The highest BCUT2D eigenvalue weighted by atomic mass is 32.2. The summed E-state index contributed by atoms with van der Waals surface area (Å²) in [6.45, 7) is 1.80. The molecular formula is C19H15N5O2S. The van der Waals surface area contributed by atoms with Gasteiger partial charge in [0.1, 0.15) is 5.75 Å². The normalized spacial score (nSPS) is 12.2. The first kappa shape index (κ1) is 17.1. The van der Waals surface area contributed by atoms with Crippen molar-refractivity contribution < 1.29 is 4.74 Å². The smallest absolute Gasteiger partial charge is 0.267 e. The second kappa shape index (κ2) is 6.78. The van der Waals surface area contributed by atoms with Crippen molar-refractivity contribution in [1.29, 1.82) is 5.26 Å². The Morgan fingerprint density at radius 3 is 2.59 bits per heavy atom. The summed E-state index contributed by atoms with van der Waals surface area (Å²) >= 11 is 1.30. The molecule has 0 fully saturated rings. The van der Waals surface area contributed by atoms with E-state index in [0.29, 0.717) is 33.3 Å². The van der Waals surface area contributed by atoms with Crippen LogP contribution in [0.3, 0.4) is 0 Å². The molecule has 27 heavy (non-hydrogen) atoms. The Bertz CT molecular complexity index is 1240. The predicted molar refractivity (Wildman–Crippen MR) is 104 cm³/mol. The minimum atomic E-state index is -0.294. The van der Waals surface area contributed by atoms with E-state index in [1.54, 1.807) is 44.4 Å². The average Bonchev–Trinajstić information content (AvgIpc) is 3.12. The molecule has 7 nitrogen and oxygen atoms in total. The number of para-hydroxylation sites is 1. The van der Waals surface area contributed by atoms with Gasteiger partial charge in [0, 0.05) is 0 Å². The maximum atomic E-state index is 13.2. The van der Waals surface area contributed by atoms with Crippen LogP contribution in [0.1, 0.15) is 6.92 Å². The third-order valence-electron chi connectivity index (χ3n) is 4.19. The van der Waals surface area contributed by atoms with Gasteiger partial charge in [-0.3, -0.25) is 9.20 Å². The summed E-state index contributed by atoms with van der Waals surface area (Å²) in [4.78, 5) is 13.2. The Hall–Kier alpha value is -3.31. The topological polar surface area (TPSA) is 85.2 Å². The zero-order valence-electron chi connectivity index (χ0n) is 14.7. The number of hydrogen-bond acceptors (Lipinski definition) is 6. The van der Waals surface area contributed by atoms with E-state index in [9.17, 15) is 4.79 Å². The van der Waals surface area contributed by atoms with Crippen LogP contribution in [0.2, 0.25) is 0 Å². The molecule has 0 N–H and O–H groups in total. The van der Waals surface area contributed by atoms with Crippen LogP contribution < -0.4 is 10.3 Å². The van der Waals surface area contributed by atoms with Crippen molar-refractivity contribution in [1.82, 2.24) is 19.2 Å². The second-order valence-electron chi connectivity index (χ2n) is 5.86. The Labute approximate surface area is 158 Å². The predicted octanol–water partition coefficient (Wildman–Crippen LogP) is 3.05. The van der Waals surface area contributed by atoms with Gasteiger partial charge in [-0.15, -0.1) is 10.2 Å². The zero-order chi connectivity index (χ0) is 19.0. The van der Waals surface area contributed by atoms with E-state index >= 15 is 0 Å². The van der Waals surface area contributed by atoms with Crippen LogP contribution in [0.5, 0.6) is 5.75 Å². The lowest BCUT2D eigenvalue weighted by Crippen LogP contribution is -2.21. The number of aromatic nitrogens is 4. The van der Waals surface area contributed by atoms with Crippen molar-refractivity contribution in [3.63, 3.8) is 0 Å². The standard InChI is InChI=1S/C19H15N5O2S/c1-12(11-20)27-19-22-21-18-23(13-7-9-14(26-2)10-8-13)17(25)15-5-3-4-6-16(15)24(18)19/h3-10,12H,1-2H3. The monoisotopic (exact) mass is 377 g/mol. The summed E-state index contributed by atoms with van der Waals surface area (Å²) in [5.74, 6) is 1.10. The molecule has 0 aliphatic carbocycles. The van der Waals surface area contributed by atoms with Crippen molar-refractivity contribution in [2.75, 3.05) is 7.11 Å². The summed E-state index contributed by atoms with van der Waals surface area (Å²) in [6, 6.07) is 16.7. The maximum Gasteiger partial charge on any atom is 0.267 e. The SMILES string of the molecule is COc1ccc(-n2c(=O)c3ccccc3n3c(SC(C)C#N)nnc23)cc1. The van der Waals surface area contributed by atoms with Crippen LogP contribution >= 0.6 is 11.8 Å². The first-order chi connectivity index (χ1) is 13.1. The third-order valence-corrected chi connectivity index (χ3v) is 5.12. The van der Waals surface area contributed by atoms with E-state index in [-0.39, 0.29) is 10.8 Å². The molecule has 0 aliphatic heterocycles. The van der Waals surface area contributed by atoms with Crippen LogP contribution in [0.4, 0.5) is 0 Å². The summed E-state index contributed by atoms with van der Waals surface area (Å²) in [6.07, 6.45) is 0. The molecule has 1 unspecified atom stereocenters. The molecule has 0 aliphatic rings. The van der Waals surface area contributed by atoms with Gasteiger partial charge in [-0.2, -0.15) is 5.26 Å². The second-order valence-corrected chi connectivity index (χ2v) is 7.17. The molecule has 134 valence electrons. The van der Waals surface area contributed by atoms with Gasteiger partial charge >= 0.3 is 0 Å². The molecule has 0 spiro atoms. The fraction of sp³-hybridized carbons (Fsp3) is 0.158. The average molecular weight is 377 g/mol. The van der Waals surface area contributed by atoms with E-state index in [2.05, 4.69) is 16.3 Å². The van der Waals surface area contributed by atoms with Gasteiger partial charge in [0.05, 0.1) is 35.0 Å². The van der Waals surface area contributed by atoms with Crippen LogP contribution in [0, 0.1) is 11.3 Å². The number of thioether (sulfide) groups is 1. The van der Waals surface area contributed by atoms with Crippen molar-refractivity contribution in [3.05, 3.63) is 58.9 Å². The summed E-state index contributed by atoms with van der Waals surface area (Å²) in [5.41, 5.74) is 1.19. The number of rotatable bonds is 4. The van der Waals surface area contributed by atoms with E-state index < -0.39 is 0 Å². The van der Waals surface area contributed by atoms with E-state index in [0.717, 1.165) is 0 Å². The minimum Gasteiger partial charge on any atom is -0.497 e. The maximum absolute atomic E-state index is 13.2. The summed E-state index contributed by atoms with van der Waals surface area (Å²) in [7, 11) is 1.59.